The van der Waals surface area contributed by atoms with E-state index < -0.39 is 10.0 Å². The minimum atomic E-state index is -3.73. The number of rotatable bonds is 10. The van der Waals surface area contributed by atoms with Crippen molar-refractivity contribution in [3.05, 3.63) is 101 Å². The highest BCUT2D eigenvalue weighted by Gasteiger charge is 2.21. The second-order valence-corrected chi connectivity index (χ2v) is 10.6. The number of halogens is 1. The lowest BCUT2D eigenvalue weighted by Gasteiger charge is -2.17. The third-order valence-corrected chi connectivity index (χ3v) is 7.86. The van der Waals surface area contributed by atoms with E-state index in [9.17, 15) is 8.42 Å². The van der Waals surface area contributed by atoms with Crippen molar-refractivity contribution < 1.29 is 13.2 Å². The lowest BCUT2D eigenvalue weighted by molar-refractivity contribution is 0.414. The second-order valence-electron chi connectivity index (χ2n) is 7.27. The maximum atomic E-state index is 12.8. The zero-order valence-corrected chi connectivity index (χ0v) is 21.0. The maximum absolute atomic E-state index is 12.8. The molecule has 4 aromatic rings. The van der Waals surface area contributed by atoms with Crippen LogP contribution in [0.5, 0.6) is 5.75 Å². The summed E-state index contributed by atoms with van der Waals surface area (Å²) >= 11 is 7.25. The molecule has 0 spiro atoms. The average Bonchev–Trinajstić information content (AvgIpc) is 3.33. The maximum Gasteiger partial charge on any atom is 0.240 e. The Morgan fingerprint density at radius 3 is 2.54 bits per heavy atom. The average molecular weight is 528 g/mol. The molecule has 1 atom stereocenters. The number of thioether (sulfide) groups is 1. The van der Waals surface area contributed by atoms with Crippen molar-refractivity contribution in [1.29, 1.82) is 0 Å². The standard InChI is InChI=1S/C24H22ClN5O3S2/c1-33-22-10-6-5-9-19(22)15-27-30-17-26-29-24(30)34-23(18-7-3-2-4-8-18)16-28-35(31,32)21-13-11-20(25)12-14-21/h2-15,17,23,28H,16H2,1H3/b27-15+/t23-/m1/s1. The van der Waals surface area contributed by atoms with Gasteiger partial charge in [-0.3, -0.25) is 0 Å². The fourth-order valence-electron chi connectivity index (χ4n) is 3.18. The SMILES string of the molecule is COc1ccccc1/C=N/n1cnnc1S[C@H](CNS(=O)(=O)c1ccc(Cl)cc1)c1ccccc1. The van der Waals surface area contributed by atoms with Crippen molar-refractivity contribution in [2.24, 2.45) is 5.10 Å². The first-order valence-electron chi connectivity index (χ1n) is 10.5. The van der Waals surface area contributed by atoms with E-state index in [1.807, 2.05) is 54.6 Å². The van der Waals surface area contributed by atoms with Gasteiger partial charge in [-0.05, 0) is 42.0 Å². The van der Waals surface area contributed by atoms with Crippen molar-refractivity contribution in [3.63, 3.8) is 0 Å². The molecular formula is C24H22ClN5O3S2. The highest BCUT2D eigenvalue weighted by atomic mass is 35.5. The molecule has 0 aliphatic rings. The molecule has 1 aromatic heterocycles. The molecule has 11 heteroatoms. The Morgan fingerprint density at radius 2 is 1.80 bits per heavy atom. The van der Waals surface area contributed by atoms with Crippen molar-refractivity contribution in [1.82, 2.24) is 19.6 Å². The molecule has 180 valence electrons. The molecule has 0 amide bonds. The fraction of sp³-hybridized carbons (Fsp3) is 0.125. The van der Waals surface area contributed by atoms with Gasteiger partial charge in [0.1, 0.15) is 12.1 Å². The van der Waals surface area contributed by atoms with E-state index in [2.05, 4.69) is 20.0 Å². The van der Waals surface area contributed by atoms with Gasteiger partial charge in [0.25, 0.3) is 0 Å². The van der Waals surface area contributed by atoms with Gasteiger partial charge >= 0.3 is 0 Å². The number of ether oxygens (including phenoxy) is 1. The number of hydrogen-bond acceptors (Lipinski definition) is 7. The predicted molar refractivity (Wildman–Crippen MR) is 138 cm³/mol. The molecule has 1 N–H and O–H groups in total. The van der Waals surface area contributed by atoms with E-state index in [1.54, 1.807) is 30.1 Å². The summed E-state index contributed by atoms with van der Waals surface area (Å²) in [5, 5.41) is 13.3. The normalized spacial score (nSPS) is 12.6. The van der Waals surface area contributed by atoms with E-state index in [-0.39, 0.29) is 16.7 Å². The van der Waals surface area contributed by atoms with Crippen LogP contribution in [0.25, 0.3) is 0 Å². The van der Waals surface area contributed by atoms with Crippen molar-refractivity contribution in [3.8, 4) is 5.75 Å². The van der Waals surface area contributed by atoms with Gasteiger partial charge in [-0.25, -0.2) is 13.1 Å². The zero-order valence-electron chi connectivity index (χ0n) is 18.7. The van der Waals surface area contributed by atoms with Crippen LogP contribution in [0, 0.1) is 0 Å². The number of benzene rings is 3. The van der Waals surface area contributed by atoms with Gasteiger partial charge in [-0.15, -0.1) is 10.2 Å². The van der Waals surface area contributed by atoms with Gasteiger partial charge in [0.2, 0.25) is 15.2 Å². The largest absolute Gasteiger partial charge is 0.496 e. The number of para-hydroxylation sites is 1. The molecule has 0 fully saturated rings. The third-order valence-electron chi connectivity index (χ3n) is 4.96. The summed E-state index contributed by atoms with van der Waals surface area (Å²) in [5.41, 5.74) is 1.73. The lowest BCUT2D eigenvalue weighted by atomic mass is 10.1. The van der Waals surface area contributed by atoms with Crippen LogP contribution < -0.4 is 9.46 Å². The zero-order chi connectivity index (χ0) is 24.7. The van der Waals surface area contributed by atoms with Crippen LogP contribution in [0.2, 0.25) is 5.02 Å². The molecule has 8 nitrogen and oxygen atoms in total. The van der Waals surface area contributed by atoms with Gasteiger partial charge in [0, 0.05) is 17.1 Å². The van der Waals surface area contributed by atoms with Crippen LogP contribution in [0.15, 0.2) is 100 Å². The Hall–Kier alpha value is -3.18. The van der Waals surface area contributed by atoms with Crippen LogP contribution in [0.3, 0.4) is 0 Å². The Labute approximate surface area is 213 Å². The molecular weight excluding hydrogens is 506 g/mol. The number of hydrogen-bond donors (Lipinski definition) is 1. The van der Waals surface area contributed by atoms with Crippen LogP contribution in [-0.2, 0) is 10.0 Å². The van der Waals surface area contributed by atoms with Crippen molar-refractivity contribution in [2.45, 2.75) is 15.3 Å². The highest BCUT2D eigenvalue weighted by Crippen LogP contribution is 2.34. The van der Waals surface area contributed by atoms with Gasteiger partial charge in [0.15, 0.2) is 0 Å². The number of nitrogens with zero attached hydrogens (tertiary/aromatic N) is 4. The summed E-state index contributed by atoms with van der Waals surface area (Å²) < 4.78 is 35.3. The highest BCUT2D eigenvalue weighted by molar-refractivity contribution is 7.99. The second kappa shape index (κ2) is 11.5. The molecule has 4 rings (SSSR count). The van der Waals surface area contributed by atoms with Gasteiger partial charge in [-0.2, -0.15) is 9.78 Å². The Bertz CT molecular complexity index is 1390. The minimum absolute atomic E-state index is 0.128. The third kappa shape index (κ3) is 6.49. The van der Waals surface area contributed by atoms with Crippen LogP contribution >= 0.6 is 23.4 Å². The lowest BCUT2D eigenvalue weighted by Crippen LogP contribution is -2.27. The number of nitrogens with one attached hydrogen (secondary N) is 1. The van der Waals surface area contributed by atoms with E-state index in [0.29, 0.717) is 15.9 Å². The Morgan fingerprint density at radius 1 is 1.09 bits per heavy atom. The summed E-state index contributed by atoms with van der Waals surface area (Å²) in [5.74, 6) is 0.692. The molecule has 3 aromatic carbocycles. The smallest absolute Gasteiger partial charge is 0.240 e. The van der Waals surface area contributed by atoms with Crippen LogP contribution in [-0.4, -0.2) is 43.2 Å². The van der Waals surface area contributed by atoms with Crippen LogP contribution in [0.1, 0.15) is 16.4 Å². The topological polar surface area (TPSA) is 98.5 Å². The van der Waals surface area contributed by atoms with Crippen LogP contribution in [0.4, 0.5) is 0 Å². The van der Waals surface area contributed by atoms with E-state index in [1.165, 1.54) is 30.2 Å². The molecule has 0 aliphatic carbocycles. The monoisotopic (exact) mass is 527 g/mol. The van der Waals surface area contributed by atoms with E-state index in [4.69, 9.17) is 16.3 Å². The molecule has 35 heavy (non-hydrogen) atoms. The fourth-order valence-corrected chi connectivity index (χ4v) is 5.47. The molecule has 0 unspecified atom stereocenters. The van der Waals surface area contributed by atoms with E-state index in [0.717, 1.165) is 11.1 Å². The van der Waals surface area contributed by atoms with Crippen molar-refractivity contribution in [2.75, 3.05) is 13.7 Å². The molecule has 0 bridgehead atoms. The van der Waals surface area contributed by atoms with Gasteiger partial charge in [0.05, 0.1) is 23.5 Å². The molecule has 0 radical (unpaired) electrons. The number of methoxy groups -OCH3 is 1. The quantitative estimate of drug-likeness (QED) is 0.238. The first-order valence-corrected chi connectivity index (χ1v) is 13.2. The minimum Gasteiger partial charge on any atom is -0.496 e. The Balaban J connectivity index is 1.55. The van der Waals surface area contributed by atoms with Crippen molar-refractivity contribution >= 4 is 39.6 Å². The summed E-state index contributed by atoms with van der Waals surface area (Å²) in [6.07, 6.45) is 3.15. The molecule has 0 saturated carbocycles. The Kier molecular flexibility index (Phi) is 8.19. The summed E-state index contributed by atoms with van der Waals surface area (Å²) in [7, 11) is -2.13. The summed E-state index contributed by atoms with van der Waals surface area (Å²) in [6, 6.07) is 23.1. The predicted octanol–water partition coefficient (Wildman–Crippen LogP) is 4.63. The molecule has 0 saturated heterocycles. The summed E-state index contributed by atoms with van der Waals surface area (Å²) in [6.45, 7) is 0.128. The first kappa shape index (κ1) is 24.9. The number of sulfonamides is 1. The molecule has 0 aliphatic heterocycles. The van der Waals surface area contributed by atoms with Gasteiger partial charge in [-0.1, -0.05) is 65.8 Å². The van der Waals surface area contributed by atoms with Gasteiger partial charge < -0.3 is 4.74 Å². The first-order chi connectivity index (χ1) is 17.0. The summed E-state index contributed by atoms with van der Waals surface area (Å²) in [4.78, 5) is 0.142. The molecule has 1 heterocycles. The number of aromatic nitrogens is 3. The van der Waals surface area contributed by atoms with E-state index >= 15 is 0 Å².